The summed E-state index contributed by atoms with van der Waals surface area (Å²) in [6.07, 6.45) is 1.77. The number of aromatic nitrogens is 2. The molecule has 35 heavy (non-hydrogen) atoms. The van der Waals surface area contributed by atoms with Gasteiger partial charge in [0.15, 0.2) is 0 Å². The number of aryl methyl sites for hydroxylation is 1. The van der Waals surface area contributed by atoms with Gasteiger partial charge in [-0.05, 0) is 55.0 Å². The van der Waals surface area contributed by atoms with Crippen molar-refractivity contribution in [2.75, 3.05) is 43.6 Å². The first-order valence-electron chi connectivity index (χ1n) is 11.7. The molecule has 1 aromatic heterocycles. The van der Waals surface area contributed by atoms with Crippen LogP contribution in [0.15, 0.2) is 79.0 Å². The third-order valence-electron chi connectivity index (χ3n) is 6.18. The predicted octanol–water partition coefficient (Wildman–Crippen LogP) is 4.95. The average Bonchev–Trinajstić information content (AvgIpc) is 3.36. The molecule has 0 bridgehead atoms. The molecule has 4 aromatic rings. The molecule has 3 aromatic carbocycles. The van der Waals surface area contributed by atoms with Crippen LogP contribution in [0.1, 0.15) is 15.9 Å². The summed E-state index contributed by atoms with van der Waals surface area (Å²) < 4.78 is 12.7. The molecular weight excluding hydrogens is 440 g/mol. The minimum absolute atomic E-state index is 0.227. The Kier molecular flexibility index (Phi) is 6.50. The molecule has 0 spiro atoms. The number of nitrogens with one attached hydrogen (secondary N) is 1. The first-order chi connectivity index (χ1) is 17.1. The number of carbonyl (C=O) groups is 1. The Labute approximate surface area is 204 Å². The van der Waals surface area contributed by atoms with Crippen LogP contribution in [-0.2, 0) is 4.74 Å². The van der Waals surface area contributed by atoms with Gasteiger partial charge in [0.05, 0.1) is 31.6 Å². The smallest absolute Gasteiger partial charge is 0.259 e. The number of amides is 1. The molecule has 1 amide bonds. The van der Waals surface area contributed by atoms with Gasteiger partial charge in [0.2, 0.25) is 0 Å². The molecule has 5 rings (SSSR count). The van der Waals surface area contributed by atoms with E-state index in [0.717, 1.165) is 54.5 Å². The van der Waals surface area contributed by atoms with Crippen molar-refractivity contribution in [3.05, 3.63) is 90.1 Å². The molecule has 1 N–H and O–H groups in total. The highest BCUT2D eigenvalue weighted by Crippen LogP contribution is 2.32. The Morgan fingerprint density at radius 2 is 1.71 bits per heavy atom. The van der Waals surface area contributed by atoms with Gasteiger partial charge in [-0.25, -0.2) is 4.68 Å². The van der Waals surface area contributed by atoms with Gasteiger partial charge in [0.1, 0.15) is 11.4 Å². The minimum Gasteiger partial charge on any atom is -0.496 e. The number of hydrogen-bond donors (Lipinski definition) is 1. The van der Waals surface area contributed by atoms with E-state index in [0.29, 0.717) is 17.0 Å². The molecule has 0 radical (unpaired) electrons. The SMILES string of the molecule is COc1ccccc1-c1nn(-c2ccccc2)cc1C(=O)Nc1ccc(N2CCOCC2)cc1C. The van der Waals surface area contributed by atoms with E-state index < -0.39 is 0 Å². The monoisotopic (exact) mass is 468 g/mol. The van der Waals surface area contributed by atoms with Crippen LogP contribution in [0.2, 0.25) is 0 Å². The van der Waals surface area contributed by atoms with Gasteiger partial charge in [-0.15, -0.1) is 0 Å². The zero-order valence-corrected chi connectivity index (χ0v) is 19.9. The van der Waals surface area contributed by atoms with E-state index in [-0.39, 0.29) is 5.91 Å². The van der Waals surface area contributed by atoms with E-state index in [1.165, 1.54) is 0 Å². The molecule has 1 saturated heterocycles. The van der Waals surface area contributed by atoms with Crippen molar-refractivity contribution in [3.63, 3.8) is 0 Å². The van der Waals surface area contributed by atoms with Crippen LogP contribution < -0.4 is 15.0 Å². The summed E-state index contributed by atoms with van der Waals surface area (Å²) in [7, 11) is 1.62. The van der Waals surface area contributed by atoms with Crippen LogP contribution >= 0.6 is 0 Å². The third-order valence-corrected chi connectivity index (χ3v) is 6.18. The Bertz CT molecular complexity index is 1330. The highest BCUT2D eigenvalue weighted by Gasteiger charge is 2.22. The molecule has 2 heterocycles. The van der Waals surface area contributed by atoms with E-state index in [9.17, 15) is 4.79 Å². The highest BCUT2D eigenvalue weighted by molar-refractivity contribution is 6.08. The van der Waals surface area contributed by atoms with Gasteiger partial charge in [-0.1, -0.05) is 30.3 Å². The quantitative estimate of drug-likeness (QED) is 0.434. The minimum atomic E-state index is -0.227. The number of hydrogen-bond acceptors (Lipinski definition) is 5. The maximum Gasteiger partial charge on any atom is 0.259 e. The van der Waals surface area contributed by atoms with Gasteiger partial charge in [0, 0.05) is 36.2 Å². The number of ether oxygens (including phenoxy) is 2. The van der Waals surface area contributed by atoms with Crippen LogP contribution in [0.4, 0.5) is 11.4 Å². The molecular formula is C28H28N4O3. The van der Waals surface area contributed by atoms with Crippen LogP contribution in [0, 0.1) is 6.92 Å². The second-order valence-corrected chi connectivity index (χ2v) is 8.42. The van der Waals surface area contributed by atoms with Crippen LogP contribution in [-0.4, -0.2) is 49.1 Å². The van der Waals surface area contributed by atoms with E-state index in [4.69, 9.17) is 14.6 Å². The fourth-order valence-corrected chi connectivity index (χ4v) is 4.29. The highest BCUT2D eigenvalue weighted by atomic mass is 16.5. The van der Waals surface area contributed by atoms with Gasteiger partial charge in [0.25, 0.3) is 5.91 Å². The van der Waals surface area contributed by atoms with Crippen molar-refractivity contribution in [1.29, 1.82) is 0 Å². The summed E-state index contributed by atoms with van der Waals surface area (Å²) in [5.41, 5.74) is 5.56. The number of nitrogens with zero attached hydrogens (tertiary/aromatic N) is 3. The zero-order chi connectivity index (χ0) is 24.2. The fourth-order valence-electron chi connectivity index (χ4n) is 4.29. The van der Waals surface area contributed by atoms with Crippen molar-refractivity contribution in [2.45, 2.75) is 6.92 Å². The Balaban J connectivity index is 1.49. The third kappa shape index (κ3) is 4.76. The predicted molar refractivity (Wildman–Crippen MR) is 138 cm³/mol. The van der Waals surface area contributed by atoms with Crippen molar-refractivity contribution in [3.8, 4) is 22.7 Å². The molecule has 0 unspecified atom stereocenters. The van der Waals surface area contributed by atoms with E-state index >= 15 is 0 Å². The lowest BCUT2D eigenvalue weighted by Crippen LogP contribution is -2.36. The lowest BCUT2D eigenvalue weighted by Gasteiger charge is -2.29. The number of carbonyl (C=O) groups excluding carboxylic acids is 1. The summed E-state index contributed by atoms with van der Waals surface area (Å²) in [4.78, 5) is 15.9. The fraction of sp³-hybridized carbons (Fsp3) is 0.214. The van der Waals surface area contributed by atoms with Crippen LogP contribution in [0.5, 0.6) is 5.75 Å². The molecule has 1 aliphatic heterocycles. The van der Waals surface area contributed by atoms with Gasteiger partial charge < -0.3 is 19.7 Å². The molecule has 0 aliphatic carbocycles. The van der Waals surface area contributed by atoms with E-state index in [2.05, 4.69) is 16.3 Å². The molecule has 178 valence electrons. The summed E-state index contributed by atoms with van der Waals surface area (Å²) >= 11 is 0. The number of rotatable bonds is 6. The van der Waals surface area contributed by atoms with Crippen molar-refractivity contribution >= 4 is 17.3 Å². The van der Waals surface area contributed by atoms with Crippen LogP contribution in [0.3, 0.4) is 0 Å². The van der Waals surface area contributed by atoms with Crippen molar-refractivity contribution in [1.82, 2.24) is 9.78 Å². The first kappa shape index (κ1) is 22.7. The summed E-state index contributed by atoms with van der Waals surface area (Å²) in [5.74, 6) is 0.432. The Hall–Kier alpha value is -4.10. The second-order valence-electron chi connectivity index (χ2n) is 8.42. The molecule has 0 atom stereocenters. The van der Waals surface area contributed by atoms with Gasteiger partial charge in [-0.3, -0.25) is 4.79 Å². The maximum absolute atomic E-state index is 13.6. The topological polar surface area (TPSA) is 68.6 Å². The molecule has 0 saturated carbocycles. The molecule has 1 fully saturated rings. The zero-order valence-electron chi connectivity index (χ0n) is 19.9. The van der Waals surface area contributed by atoms with Crippen LogP contribution in [0.25, 0.3) is 16.9 Å². The lowest BCUT2D eigenvalue weighted by molar-refractivity contribution is 0.102. The van der Waals surface area contributed by atoms with Gasteiger partial charge in [-0.2, -0.15) is 5.10 Å². The van der Waals surface area contributed by atoms with E-state index in [1.54, 1.807) is 18.0 Å². The second kappa shape index (κ2) is 10.0. The molecule has 7 nitrogen and oxygen atoms in total. The number of anilines is 2. The summed E-state index contributed by atoms with van der Waals surface area (Å²) in [6.45, 7) is 5.20. The number of benzene rings is 3. The Morgan fingerprint density at radius 3 is 2.46 bits per heavy atom. The Morgan fingerprint density at radius 1 is 0.971 bits per heavy atom. The summed E-state index contributed by atoms with van der Waals surface area (Å²) in [5, 5.41) is 7.87. The first-order valence-corrected chi connectivity index (χ1v) is 11.7. The average molecular weight is 469 g/mol. The normalized spacial score (nSPS) is 13.5. The number of para-hydroxylation sites is 2. The standard InChI is InChI=1S/C28H28N4O3/c1-20-18-22(31-14-16-35-17-15-31)12-13-25(20)29-28(33)24-19-32(21-8-4-3-5-9-21)30-27(24)23-10-6-7-11-26(23)34-2/h3-13,18-19H,14-17H2,1-2H3,(H,29,33). The van der Waals surface area contributed by atoms with Gasteiger partial charge >= 0.3 is 0 Å². The van der Waals surface area contributed by atoms with E-state index in [1.807, 2.05) is 73.7 Å². The largest absolute Gasteiger partial charge is 0.496 e. The molecule has 7 heteroatoms. The van der Waals surface area contributed by atoms with Crippen molar-refractivity contribution < 1.29 is 14.3 Å². The summed E-state index contributed by atoms with van der Waals surface area (Å²) in [6, 6.07) is 23.4. The van der Waals surface area contributed by atoms with Crippen molar-refractivity contribution in [2.24, 2.45) is 0 Å². The number of methoxy groups -OCH3 is 1. The number of morpholine rings is 1. The maximum atomic E-state index is 13.6. The lowest BCUT2D eigenvalue weighted by atomic mass is 10.1. The molecule has 1 aliphatic rings.